The summed E-state index contributed by atoms with van der Waals surface area (Å²) in [4.78, 5) is 11.1. The molecule has 0 radical (unpaired) electrons. The summed E-state index contributed by atoms with van der Waals surface area (Å²) in [6.45, 7) is 4.22. The minimum Gasteiger partial charge on any atom is -0.492 e. The second kappa shape index (κ2) is 5.89. The number of halogens is 1. The highest BCUT2D eigenvalue weighted by Crippen LogP contribution is 2.31. The summed E-state index contributed by atoms with van der Waals surface area (Å²) < 4.78 is 5.35. The lowest BCUT2D eigenvalue weighted by Gasteiger charge is -2.16. The van der Waals surface area contributed by atoms with E-state index in [-0.39, 0.29) is 0 Å². The smallest absolute Gasteiger partial charge is 0.325 e. The molecule has 1 atom stereocenters. The van der Waals surface area contributed by atoms with Crippen LogP contribution in [0.5, 0.6) is 5.75 Å². The van der Waals surface area contributed by atoms with E-state index in [1.165, 1.54) is 0 Å². The van der Waals surface area contributed by atoms with Gasteiger partial charge in [0.05, 0.1) is 11.6 Å². The number of rotatable bonds is 5. The molecule has 0 saturated carbocycles. The first-order valence-corrected chi connectivity index (χ1v) is 5.72. The van der Waals surface area contributed by atoms with E-state index in [1.54, 1.807) is 19.2 Å². The van der Waals surface area contributed by atoms with E-state index < -0.39 is 12.0 Å². The van der Waals surface area contributed by atoms with Gasteiger partial charge in [0.1, 0.15) is 11.8 Å². The van der Waals surface area contributed by atoms with Gasteiger partial charge in [0.2, 0.25) is 0 Å². The van der Waals surface area contributed by atoms with Gasteiger partial charge in [-0.25, -0.2) is 0 Å². The molecule has 1 aromatic carbocycles. The van der Waals surface area contributed by atoms with Gasteiger partial charge in [-0.05, 0) is 44.2 Å². The second-order valence-corrected chi connectivity index (χ2v) is 4.04. The molecule has 0 saturated heterocycles. The van der Waals surface area contributed by atoms with Crippen molar-refractivity contribution in [2.45, 2.75) is 19.9 Å². The molecule has 0 aliphatic heterocycles. The number of carbonyl (C=O) groups is 1. The van der Waals surface area contributed by atoms with Crippen molar-refractivity contribution in [1.29, 1.82) is 0 Å². The van der Waals surface area contributed by atoms with Gasteiger partial charge in [-0.1, -0.05) is 11.6 Å². The number of hydrogen-bond acceptors (Lipinski definition) is 3. The van der Waals surface area contributed by atoms with Crippen molar-refractivity contribution in [1.82, 2.24) is 5.32 Å². The molecule has 1 unspecified atom stereocenters. The van der Waals surface area contributed by atoms with Crippen LogP contribution in [0.25, 0.3) is 0 Å². The van der Waals surface area contributed by atoms with Gasteiger partial charge in [0.15, 0.2) is 0 Å². The Labute approximate surface area is 106 Å². The number of ether oxygens (including phenoxy) is 1. The molecule has 2 N–H and O–H groups in total. The Bertz CT molecular complexity index is 420. The van der Waals surface area contributed by atoms with Gasteiger partial charge in [-0.2, -0.15) is 0 Å². The maximum atomic E-state index is 11.1. The van der Waals surface area contributed by atoms with Gasteiger partial charge < -0.3 is 15.2 Å². The molecule has 0 aromatic heterocycles. The van der Waals surface area contributed by atoms with Crippen LogP contribution in [0.4, 0.5) is 0 Å². The van der Waals surface area contributed by atoms with Crippen LogP contribution in [-0.2, 0) is 4.79 Å². The van der Waals surface area contributed by atoms with Crippen molar-refractivity contribution in [2.75, 3.05) is 13.7 Å². The number of likely N-dealkylation sites (N-methyl/N-ethyl adjacent to an activating group) is 1. The lowest BCUT2D eigenvalue weighted by Crippen LogP contribution is -2.25. The lowest BCUT2D eigenvalue weighted by molar-refractivity contribution is -0.139. The van der Waals surface area contributed by atoms with Gasteiger partial charge >= 0.3 is 5.97 Å². The van der Waals surface area contributed by atoms with Crippen LogP contribution in [0, 0.1) is 6.92 Å². The van der Waals surface area contributed by atoms with Crippen molar-refractivity contribution < 1.29 is 14.6 Å². The summed E-state index contributed by atoms with van der Waals surface area (Å²) in [5.41, 5.74) is 1.48. The molecular formula is C12H16ClNO3. The van der Waals surface area contributed by atoms with Crippen molar-refractivity contribution in [3.63, 3.8) is 0 Å². The molecule has 0 fully saturated rings. The third-order valence-electron chi connectivity index (χ3n) is 2.47. The molecule has 1 aromatic rings. The van der Waals surface area contributed by atoms with E-state index >= 15 is 0 Å². The molecule has 0 amide bonds. The molecule has 5 heteroatoms. The van der Waals surface area contributed by atoms with Crippen molar-refractivity contribution in [3.05, 3.63) is 28.3 Å². The lowest BCUT2D eigenvalue weighted by atomic mass is 10.0. The van der Waals surface area contributed by atoms with Crippen LogP contribution in [0.15, 0.2) is 12.1 Å². The van der Waals surface area contributed by atoms with Crippen molar-refractivity contribution in [3.8, 4) is 5.75 Å². The number of benzene rings is 1. The third kappa shape index (κ3) is 3.11. The zero-order valence-corrected chi connectivity index (χ0v) is 10.8. The van der Waals surface area contributed by atoms with E-state index in [9.17, 15) is 4.79 Å². The fourth-order valence-corrected chi connectivity index (χ4v) is 1.89. The molecule has 0 spiro atoms. The highest BCUT2D eigenvalue weighted by Gasteiger charge is 2.21. The minimum absolute atomic E-state index is 0.425. The summed E-state index contributed by atoms with van der Waals surface area (Å²) in [5, 5.41) is 12.2. The zero-order valence-electron chi connectivity index (χ0n) is 10.1. The van der Waals surface area contributed by atoms with E-state index in [0.29, 0.717) is 22.9 Å². The highest BCUT2D eigenvalue weighted by atomic mass is 35.5. The molecule has 4 nitrogen and oxygen atoms in total. The Kier molecular flexibility index (Phi) is 4.78. The Morgan fingerprint density at radius 3 is 2.71 bits per heavy atom. The molecule has 0 bridgehead atoms. The Morgan fingerprint density at radius 1 is 1.59 bits per heavy atom. The van der Waals surface area contributed by atoms with Crippen LogP contribution in [-0.4, -0.2) is 24.7 Å². The normalized spacial score (nSPS) is 12.2. The molecule has 17 heavy (non-hydrogen) atoms. The van der Waals surface area contributed by atoms with E-state index in [1.807, 2.05) is 13.8 Å². The van der Waals surface area contributed by atoms with Gasteiger partial charge in [-0.3, -0.25) is 4.79 Å². The van der Waals surface area contributed by atoms with Crippen LogP contribution >= 0.6 is 11.6 Å². The molecule has 0 aliphatic rings. The monoisotopic (exact) mass is 257 g/mol. The molecule has 1 rings (SSSR count). The van der Waals surface area contributed by atoms with Gasteiger partial charge in [0.25, 0.3) is 0 Å². The van der Waals surface area contributed by atoms with Crippen LogP contribution in [0.3, 0.4) is 0 Å². The van der Waals surface area contributed by atoms with E-state index in [0.717, 1.165) is 5.56 Å². The van der Waals surface area contributed by atoms with Crippen LogP contribution in [0.1, 0.15) is 24.1 Å². The summed E-state index contributed by atoms with van der Waals surface area (Å²) in [6.07, 6.45) is 0. The zero-order chi connectivity index (χ0) is 13.0. The summed E-state index contributed by atoms with van der Waals surface area (Å²) in [7, 11) is 1.60. The second-order valence-electron chi connectivity index (χ2n) is 3.63. The average molecular weight is 258 g/mol. The molecular weight excluding hydrogens is 242 g/mol. The number of carboxylic acids is 1. The van der Waals surface area contributed by atoms with Crippen molar-refractivity contribution >= 4 is 17.6 Å². The van der Waals surface area contributed by atoms with E-state index in [4.69, 9.17) is 21.4 Å². The SMILES string of the molecule is CCOc1cc(C)c(C(NC)C(=O)O)cc1Cl. The topological polar surface area (TPSA) is 58.6 Å². The number of aliphatic carboxylic acids is 1. The maximum Gasteiger partial charge on any atom is 0.325 e. The quantitative estimate of drug-likeness (QED) is 0.850. The Morgan fingerprint density at radius 2 is 2.24 bits per heavy atom. The highest BCUT2D eigenvalue weighted by molar-refractivity contribution is 6.32. The van der Waals surface area contributed by atoms with Crippen molar-refractivity contribution in [2.24, 2.45) is 0 Å². The Hall–Kier alpha value is -1.26. The predicted octanol–water partition coefficient (Wildman–Crippen LogP) is 2.39. The molecule has 0 heterocycles. The number of aryl methyl sites for hydroxylation is 1. The predicted molar refractivity (Wildman–Crippen MR) is 66.8 cm³/mol. The standard InChI is InChI=1S/C12H16ClNO3/c1-4-17-10-5-7(2)8(6-9(10)13)11(14-3)12(15)16/h5-6,11,14H,4H2,1-3H3,(H,15,16). The number of hydrogen-bond donors (Lipinski definition) is 2. The Balaban J connectivity index is 3.18. The van der Waals surface area contributed by atoms with Gasteiger partial charge in [-0.15, -0.1) is 0 Å². The van der Waals surface area contributed by atoms with E-state index in [2.05, 4.69) is 5.32 Å². The summed E-state index contributed by atoms with van der Waals surface area (Å²) in [6, 6.07) is 2.63. The van der Waals surface area contributed by atoms with Crippen LogP contribution < -0.4 is 10.1 Å². The first-order chi connectivity index (χ1) is 8.01. The van der Waals surface area contributed by atoms with Crippen LogP contribution in [0.2, 0.25) is 5.02 Å². The first-order valence-electron chi connectivity index (χ1n) is 5.34. The first kappa shape index (κ1) is 13.8. The molecule has 94 valence electrons. The fraction of sp³-hybridized carbons (Fsp3) is 0.417. The maximum absolute atomic E-state index is 11.1. The minimum atomic E-state index is -0.934. The fourth-order valence-electron chi connectivity index (χ4n) is 1.66. The van der Waals surface area contributed by atoms with Gasteiger partial charge in [0, 0.05) is 0 Å². The third-order valence-corrected chi connectivity index (χ3v) is 2.76. The number of nitrogens with one attached hydrogen (secondary N) is 1. The summed E-state index contributed by atoms with van der Waals surface area (Å²) in [5.74, 6) is -0.355. The molecule has 0 aliphatic carbocycles. The largest absolute Gasteiger partial charge is 0.492 e. The number of carboxylic acid groups (broad SMARTS) is 1. The average Bonchev–Trinajstić information content (AvgIpc) is 2.25. The summed E-state index contributed by atoms with van der Waals surface area (Å²) >= 11 is 6.04.